The summed E-state index contributed by atoms with van der Waals surface area (Å²) in [5, 5.41) is 12.6. The molecule has 246 valence electrons. The first kappa shape index (κ1) is 34.1. The third kappa shape index (κ3) is 8.57. The molecule has 9 heteroatoms. The van der Waals surface area contributed by atoms with Crippen LogP contribution in [-0.4, -0.2) is 48.7 Å². The average Bonchev–Trinajstić information content (AvgIpc) is 3.39. The van der Waals surface area contributed by atoms with Crippen molar-refractivity contribution in [1.29, 1.82) is 0 Å². The molecule has 1 saturated heterocycles. The third-order valence-corrected chi connectivity index (χ3v) is 13.4. The molecule has 4 aromatic rings. The normalized spacial score (nSPS) is 15.4. The summed E-state index contributed by atoms with van der Waals surface area (Å²) >= 11 is 0. The van der Waals surface area contributed by atoms with Gasteiger partial charge in [0.25, 0.3) is 5.91 Å². The maximum atomic E-state index is 13.2. The number of nitrogens with one attached hydrogen (secondary N) is 2. The Kier molecular flexibility index (Phi) is 10.7. The molecule has 3 heterocycles. The Hall–Kier alpha value is -4.23. The van der Waals surface area contributed by atoms with Crippen LogP contribution >= 0.6 is 0 Å². The first-order valence-corrected chi connectivity index (χ1v) is 19.3. The van der Waals surface area contributed by atoms with Crippen molar-refractivity contribution in [3.8, 4) is 11.8 Å². The molecular formula is C38H47N5O3Si. The second-order valence-electron chi connectivity index (χ2n) is 13.7. The summed E-state index contributed by atoms with van der Waals surface area (Å²) in [5.41, 5.74) is 6.98. The van der Waals surface area contributed by atoms with Gasteiger partial charge in [0, 0.05) is 23.4 Å². The number of amides is 1. The molecule has 8 nitrogen and oxygen atoms in total. The smallest absolute Gasteiger partial charge is 0.254 e. The van der Waals surface area contributed by atoms with Crippen LogP contribution in [0.1, 0.15) is 79.3 Å². The Bertz CT molecular complexity index is 1800. The Morgan fingerprint density at radius 3 is 2.64 bits per heavy atom. The van der Waals surface area contributed by atoms with Gasteiger partial charge in [0.1, 0.15) is 0 Å². The Morgan fingerprint density at radius 1 is 1.09 bits per heavy atom. The van der Waals surface area contributed by atoms with Gasteiger partial charge in [-0.1, -0.05) is 44.7 Å². The van der Waals surface area contributed by atoms with Crippen molar-refractivity contribution in [3.05, 3.63) is 82.8 Å². The molecule has 0 aliphatic carbocycles. The number of para-hydroxylation sites is 1. The number of aryl methyl sites for hydroxylation is 2. The van der Waals surface area contributed by atoms with Crippen molar-refractivity contribution in [2.24, 2.45) is 0 Å². The first-order valence-electron chi connectivity index (χ1n) is 16.4. The Labute approximate surface area is 280 Å². The number of carbonyl (C=O) groups is 1. The van der Waals surface area contributed by atoms with Gasteiger partial charge in [-0.3, -0.25) is 9.78 Å². The van der Waals surface area contributed by atoms with Crippen LogP contribution in [0.4, 0.5) is 11.4 Å². The minimum atomic E-state index is -1.85. The van der Waals surface area contributed by atoms with E-state index in [0.29, 0.717) is 17.9 Å². The summed E-state index contributed by atoms with van der Waals surface area (Å²) in [6.07, 6.45) is 6.97. The van der Waals surface area contributed by atoms with Crippen molar-refractivity contribution < 1.29 is 14.0 Å². The highest BCUT2D eigenvalue weighted by Gasteiger charge is 2.36. The number of rotatable bonds is 9. The summed E-state index contributed by atoms with van der Waals surface area (Å²) in [7, 11) is -1.85. The van der Waals surface area contributed by atoms with Crippen molar-refractivity contribution in [3.63, 3.8) is 0 Å². The maximum Gasteiger partial charge on any atom is 0.254 e. The second-order valence-corrected chi connectivity index (χ2v) is 18.5. The molecule has 5 rings (SSSR count). The number of carbonyl (C=O) groups excluding carboxylic acids is 1. The van der Waals surface area contributed by atoms with E-state index in [-0.39, 0.29) is 23.7 Å². The highest BCUT2D eigenvalue weighted by Crippen LogP contribution is 2.36. The fourth-order valence-corrected chi connectivity index (χ4v) is 6.20. The third-order valence-electron chi connectivity index (χ3n) is 8.92. The van der Waals surface area contributed by atoms with E-state index in [0.717, 1.165) is 59.5 Å². The van der Waals surface area contributed by atoms with Gasteiger partial charge in [0.15, 0.2) is 14.5 Å². The Morgan fingerprint density at radius 2 is 1.89 bits per heavy atom. The number of hydrogen-bond acceptors (Lipinski definition) is 6. The molecule has 1 aliphatic heterocycles. The van der Waals surface area contributed by atoms with Gasteiger partial charge in [-0.2, -0.15) is 5.10 Å². The van der Waals surface area contributed by atoms with Crippen LogP contribution in [0.5, 0.6) is 0 Å². The second kappa shape index (κ2) is 14.7. The molecular weight excluding hydrogens is 603 g/mol. The van der Waals surface area contributed by atoms with E-state index in [1.54, 1.807) is 0 Å². The molecule has 1 amide bonds. The average molecular weight is 650 g/mol. The van der Waals surface area contributed by atoms with Crippen LogP contribution in [-0.2, 0) is 9.16 Å². The molecule has 2 aromatic heterocycles. The van der Waals surface area contributed by atoms with Crippen LogP contribution in [0.2, 0.25) is 18.1 Å². The molecule has 2 N–H and O–H groups in total. The fourth-order valence-electron chi connectivity index (χ4n) is 5.33. The molecule has 0 spiro atoms. The number of nitrogens with zero attached hydrogens (tertiary/aromatic N) is 3. The zero-order chi connectivity index (χ0) is 33.6. The van der Waals surface area contributed by atoms with E-state index in [2.05, 4.69) is 92.5 Å². The van der Waals surface area contributed by atoms with E-state index in [1.807, 2.05) is 54.1 Å². The van der Waals surface area contributed by atoms with Crippen molar-refractivity contribution in [2.45, 2.75) is 78.2 Å². The first-order chi connectivity index (χ1) is 22.4. The van der Waals surface area contributed by atoms with Gasteiger partial charge in [-0.05, 0) is 111 Å². The minimum Gasteiger partial charge on any atom is -0.406 e. The number of anilines is 2. The summed E-state index contributed by atoms with van der Waals surface area (Å²) in [4.78, 5) is 17.9. The topological polar surface area (TPSA) is 90.3 Å². The lowest BCUT2D eigenvalue weighted by Gasteiger charge is -2.35. The SMILES string of the molecule is Cc1cc(C)nc(C=Cc2nn(C3CCCCO3)c3cc(Nc4ccccc4C(=O)NCC#CCO[Si](C)(C)C(C)(C)C)ccc23)c1. The lowest BCUT2D eigenvalue weighted by molar-refractivity contribution is -0.0367. The van der Waals surface area contributed by atoms with Crippen molar-refractivity contribution >= 4 is 48.7 Å². The lowest BCUT2D eigenvalue weighted by Crippen LogP contribution is -2.40. The van der Waals surface area contributed by atoms with E-state index < -0.39 is 8.32 Å². The molecule has 47 heavy (non-hydrogen) atoms. The summed E-state index contributed by atoms with van der Waals surface area (Å²) in [6, 6.07) is 17.8. The number of aromatic nitrogens is 3. The molecule has 2 aromatic carbocycles. The Balaban J connectivity index is 1.34. The molecule has 1 fully saturated rings. The van der Waals surface area contributed by atoms with Gasteiger partial charge >= 0.3 is 0 Å². The van der Waals surface area contributed by atoms with Crippen LogP contribution in [0.25, 0.3) is 23.1 Å². The zero-order valence-electron chi connectivity index (χ0n) is 28.7. The van der Waals surface area contributed by atoms with E-state index in [4.69, 9.17) is 14.3 Å². The predicted octanol–water partition coefficient (Wildman–Crippen LogP) is 8.42. The van der Waals surface area contributed by atoms with E-state index >= 15 is 0 Å². The molecule has 1 unspecified atom stereocenters. The molecule has 0 saturated carbocycles. The van der Waals surface area contributed by atoms with Gasteiger partial charge < -0.3 is 19.8 Å². The summed E-state index contributed by atoms with van der Waals surface area (Å²) < 4.78 is 14.3. The van der Waals surface area contributed by atoms with Gasteiger partial charge in [0.2, 0.25) is 0 Å². The molecule has 0 bridgehead atoms. The highest BCUT2D eigenvalue weighted by molar-refractivity contribution is 6.74. The van der Waals surface area contributed by atoms with Gasteiger partial charge in [-0.15, -0.1) is 0 Å². The van der Waals surface area contributed by atoms with Gasteiger partial charge in [0.05, 0.1) is 41.3 Å². The lowest BCUT2D eigenvalue weighted by atomic mass is 10.1. The number of fused-ring (bicyclic) bond motifs is 1. The van der Waals surface area contributed by atoms with E-state index in [1.165, 1.54) is 5.56 Å². The van der Waals surface area contributed by atoms with Crippen LogP contribution in [0.15, 0.2) is 54.6 Å². The van der Waals surface area contributed by atoms with Crippen LogP contribution < -0.4 is 10.6 Å². The van der Waals surface area contributed by atoms with Crippen molar-refractivity contribution in [2.75, 3.05) is 25.1 Å². The standard InChI is InChI=1S/C38H47N5O3Si/c1-27-24-28(2)40-29(25-27)18-20-34-31-19-17-30(26-35(31)43(42-34)36-16-10-12-22-45-36)41-33-15-9-8-14-32(33)37(44)39-21-11-13-23-46-47(6,7)38(3,4)5/h8-9,14-15,17-20,24-26,36,41H,10,12,16,21-23H2,1-7H3,(H,39,44). The molecule has 0 radical (unpaired) electrons. The predicted molar refractivity (Wildman–Crippen MR) is 194 cm³/mol. The number of hydrogen-bond donors (Lipinski definition) is 2. The van der Waals surface area contributed by atoms with Gasteiger partial charge in [-0.25, -0.2) is 4.68 Å². The number of benzene rings is 2. The minimum absolute atomic E-state index is 0.130. The number of ether oxygens (including phenoxy) is 1. The van der Waals surface area contributed by atoms with Crippen LogP contribution in [0.3, 0.4) is 0 Å². The highest BCUT2D eigenvalue weighted by atomic mass is 28.4. The fraction of sp³-hybridized carbons (Fsp3) is 0.395. The quantitative estimate of drug-likeness (QED) is 0.140. The summed E-state index contributed by atoms with van der Waals surface area (Å²) in [6.45, 7) is 16.4. The van der Waals surface area contributed by atoms with E-state index in [9.17, 15) is 4.79 Å². The number of pyridine rings is 1. The zero-order valence-corrected chi connectivity index (χ0v) is 29.7. The largest absolute Gasteiger partial charge is 0.406 e. The molecule has 1 aliphatic rings. The maximum absolute atomic E-state index is 13.2. The van der Waals surface area contributed by atoms with Crippen LogP contribution in [0, 0.1) is 25.7 Å². The monoisotopic (exact) mass is 649 g/mol. The van der Waals surface area contributed by atoms with Crippen molar-refractivity contribution in [1.82, 2.24) is 20.1 Å². The molecule has 1 atom stereocenters. The summed E-state index contributed by atoms with van der Waals surface area (Å²) in [5.74, 6) is 5.89.